The third-order valence-electron chi connectivity index (χ3n) is 3.96. The summed E-state index contributed by atoms with van der Waals surface area (Å²) in [5.41, 5.74) is 3.34. The second-order valence-electron chi connectivity index (χ2n) is 4.99. The molecule has 1 N–H and O–H groups in total. The molecule has 2 aromatic heterocycles. The van der Waals surface area contributed by atoms with Crippen molar-refractivity contribution < 1.29 is 8.83 Å². The van der Waals surface area contributed by atoms with Gasteiger partial charge in [0.25, 0.3) is 0 Å². The Kier molecular flexibility index (Phi) is 2.20. The first-order valence-electron chi connectivity index (χ1n) is 6.51. The summed E-state index contributed by atoms with van der Waals surface area (Å²) in [5.74, 6) is 0.571. The number of rotatable bonds is 1. The van der Waals surface area contributed by atoms with Gasteiger partial charge in [-0.3, -0.25) is 0 Å². The Bertz CT molecular complexity index is 640. The fraction of sp³-hybridized carbons (Fsp3) is 0.333. The number of furan rings is 2. The normalized spacial score (nSPS) is 17.8. The van der Waals surface area contributed by atoms with Crippen LogP contribution in [0.15, 0.2) is 39.6 Å². The zero-order chi connectivity index (χ0) is 11.9. The number of fused-ring (bicyclic) bond motifs is 2. The molecule has 1 aromatic carbocycles. The van der Waals surface area contributed by atoms with Gasteiger partial charge in [-0.15, -0.1) is 0 Å². The second kappa shape index (κ2) is 3.89. The van der Waals surface area contributed by atoms with Crippen molar-refractivity contribution in [2.75, 3.05) is 13.1 Å². The van der Waals surface area contributed by atoms with Crippen LogP contribution in [0.3, 0.4) is 0 Å². The van der Waals surface area contributed by atoms with Gasteiger partial charge in [-0.25, -0.2) is 0 Å². The van der Waals surface area contributed by atoms with Gasteiger partial charge < -0.3 is 14.2 Å². The lowest BCUT2D eigenvalue weighted by Crippen LogP contribution is -2.26. The van der Waals surface area contributed by atoms with Crippen molar-refractivity contribution in [2.45, 2.75) is 18.8 Å². The first-order chi connectivity index (χ1) is 8.93. The molecular formula is C15H15NO2. The van der Waals surface area contributed by atoms with Crippen molar-refractivity contribution in [1.82, 2.24) is 5.32 Å². The molecule has 4 rings (SSSR count). The van der Waals surface area contributed by atoms with E-state index in [1.807, 2.05) is 6.07 Å². The summed E-state index contributed by atoms with van der Waals surface area (Å²) >= 11 is 0. The van der Waals surface area contributed by atoms with Crippen LogP contribution in [0.5, 0.6) is 0 Å². The first kappa shape index (κ1) is 10.2. The highest BCUT2D eigenvalue weighted by atomic mass is 16.3. The minimum atomic E-state index is 0.571. The Labute approximate surface area is 105 Å². The molecule has 0 radical (unpaired) electrons. The molecule has 3 heteroatoms. The third-order valence-corrected chi connectivity index (χ3v) is 3.96. The van der Waals surface area contributed by atoms with E-state index in [4.69, 9.17) is 8.83 Å². The van der Waals surface area contributed by atoms with Gasteiger partial charge in [0.05, 0.1) is 12.5 Å². The molecule has 0 amide bonds. The van der Waals surface area contributed by atoms with Gasteiger partial charge in [-0.05, 0) is 50.0 Å². The van der Waals surface area contributed by atoms with E-state index in [0.29, 0.717) is 5.92 Å². The quantitative estimate of drug-likeness (QED) is 0.706. The fourth-order valence-electron chi connectivity index (χ4n) is 3.09. The Morgan fingerprint density at radius 2 is 1.89 bits per heavy atom. The van der Waals surface area contributed by atoms with E-state index in [2.05, 4.69) is 17.4 Å². The molecule has 1 aliphatic heterocycles. The van der Waals surface area contributed by atoms with Gasteiger partial charge in [0, 0.05) is 16.3 Å². The molecule has 3 aromatic rings. The maximum atomic E-state index is 5.72. The van der Waals surface area contributed by atoms with Crippen LogP contribution in [0.25, 0.3) is 21.9 Å². The molecule has 3 nitrogen and oxygen atoms in total. The van der Waals surface area contributed by atoms with Crippen LogP contribution in [0.4, 0.5) is 0 Å². The molecule has 1 fully saturated rings. The number of piperidine rings is 1. The van der Waals surface area contributed by atoms with Gasteiger partial charge in [0.1, 0.15) is 11.2 Å². The summed E-state index contributed by atoms with van der Waals surface area (Å²) in [7, 11) is 0. The van der Waals surface area contributed by atoms with Crippen LogP contribution in [0.2, 0.25) is 0 Å². The Balaban J connectivity index is 2.02. The molecule has 0 saturated carbocycles. The minimum Gasteiger partial charge on any atom is -0.464 e. The van der Waals surface area contributed by atoms with Crippen molar-refractivity contribution in [1.29, 1.82) is 0 Å². The van der Waals surface area contributed by atoms with Crippen LogP contribution >= 0.6 is 0 Å². The van der Waals surface area contributed by atoms with E-state index in [9.17, 15) is 0 Å². The van der Waals surface area contributed by atoms with Crippen LogP contribution in [-0.4, -0.2) is 13.1 Å². The van der Waals surface area contributed by atoms with Gasteiger partial charge in [0.2, 0.25) is 0 Å². The maximum absolute atomic E-state index is 5.72. The van der Waals surface area contributed by atoms with E-state index < -0.39 is 0 Å². The van der Waals surface area contributed by atoms with E-state index >= 15 is 0 Å². The van der Waals surface area contributed by atoms with Crippen molar-refractivity contribution in [3.05, 3.63) is 36.3 Å². The lowest BCUT2D eigenvalue weighted by Gasteiger charge is -2.23. The van der Waals surface area contributed by atoms with Crippen LogP contribution in [0, 0.1) is 0 Å². The predicted octanol–water partition coefficient (Wildman–Crippen LogP) is 3.65. The lowest BCUT2D eigenvalue weighted by molar-refractivity contribution is 0.459. The Morgan fingerprint density at radius 3 is 2.78 bits per heavy atom. The summed E-state index contributed by atoms with van der Waals surface area (Å²) in [5, 5.41) is 5.77. The second-order valence-corrected chi connectivity index (χ2v) is 4.99. The van der Waals surface area contributed by atoms with E-state index in [0.717, 1.165) is 29.6 Å². The zero-order valence-electron chi connectivity index (χ0n) is 10.1. The van der Waals surface area contributed by atoms with Gasteiger partial charge in [-0.2, -0.15) is 0 Å². The molecule has 0 atom stereocenters. The Hall–Kier alpha value is -1.74. The standard InChI is InChI=1S/C15H15NO2/c1-5-16-6-2-10(1)14-12-4-8-17-13(12)9-11-3-7-18-15(11)14/h3-4,7-10,16H,1-2,5-6H2. The van der Waals surface area contributed by atoms with Crippen molar-refractivity contribution in [2.24, 2.45) is 0 Å². The minimum absolute atomic E-state index is 0.571. The summed E-state index contributed by atoms with van der Waals surface area (Å²) in [6.45, 7) is 2.17. The van der Waals surface area contributed by atoms with Crippen molar-refractivity contribution in [3.63, 3.8) is 0 Å². The number of hydrogen-bond donors (Lipinski definition) is 1. The smallest absolute Gasteiger partial charge is 0.138 e. The monoisotopic (exact) mass is 241 g/mol. The van der Waals surface area contributed by atoms with E-state index in [1.165, 1.54) is 23.8 Å². The van der Waals surface area contributed by atoms with Gasteiger partial charge in [-0.1, -0.05) is 0 Å². The summed E-state index contributed by atoms with van der Waals surface area (Å²) in [6, 6.07) is 6.15. The summed E-state index contributed by atoms with van der Waals surface area (Å²) < 4.78 is 11.3. The molecule has 0 spiro atoms. The summed E-state index contributed by atoms with van der Waals surface area (Å²) in [6.07, 6.45) is 5.88. The lowest BCUT2D eigenvalue weighted by atomic mass is 9.87. The van der Waals surface area contributed by atoms with Crippen LogP contribution < -0.4 is 5.32 Å². The van der Waals surface area contributed by atoms with Gasteiger partial charge >= 0.3 is 0 Å². The van der Waals surface area contributed by atoms with Crippen molar-refractivity contribution in [3.8, 4) is 0 Å². The van der Waals surface area contributed by atoms with Crippen LogP contribution in [-0.2, 0) is 0 Å². The van der Waals surface area contributed by atoms with Crippen molar-refractivity contribution >= 4 is 21.9 Å². The Morgan fingerprint density at radius 1 is 1.06 bits per heavy atom. The zero-order valence-corrected chi connectivity index (χ0v) is 10.1. The first-order valence-corrected chi connectivity index (χ1v) is 6.51. The highest BCUT2D eigenvalue weighted by Gasteiger charge is 2.22. The number of benzene rings is 1. The highest BCUT2D eigenvalue weighted by Crippen LogP contribution is 2.38. The highest BCUT2D eigenvalue weighted by molar-refractivity contribution is 5.98. The molecule has 18 heavy (non-hydrogen) atoms. The average Bonchev–Trinajstić information content (AvgIpc) is 3.04. The molecule has 3 heterocycles. The molecule has 0 bridgehead atoms. The average molecular weight is 241 g/mol. The molecule has 1 saturated heterocycles. The fourth-order valence-corrected chi connectivity index (χ4v) is 3.09. The number of nitrogens with one attached hydrogen (secondary N) is 1. The molecule has 0 unspecified atom stereocenters. The molecule has 92 valence electrons. The van der Waals surface area contributed by atoms with E-state index in [-0.39, 0.29) is 0 Å². The SMILES string of the molecule is c1cc2c(C3CCNCC3)c3occc3cc2o1. The molecule has 0 aliphatic carbocycles. The van der Waals surface area contributed by atoms with Crippen LogP contribution in [0.1, 0.15) is 24.3 Å². The maximum Gasteiger partial charge on any atom is 0.138 e. The molecular weight excluding hydrogens is 226 g/mol. The number of hydrogen-bond acceptors (Lipinski definition) is 3. The third kappa shape index (κ3) is 1.40. The topological polar surface area (TPSA) is 38.3 Å². The largest absolute Gasteiger partial charge is 0.464 e. The van der Waals surface area contributed by atoms with E-state index in [1.54, 1.807) is 12.5 Å². The predicted molar refractivity (Wildman–Crippen MR) is 70.8 cm³/mol. The van der Waals surface area contributed by atoms with Gasteiger partial charge in [0.15, 0.2) is 0 Å². The summed E-state index contributed by atoms with van der Waals surface area (Å²) in [4.78, 5) is 0. The molecule has 1 aliphatic rings.